The van der Waals surface area contributed by atoms with E-state index in [2.05, 4.69) is 0 Å². The van der Waals surface area contributed by atoms with Crippen LogP contribution in [0.2, 0.25) is 0 Å². The van der Waals surface area contributed by atoms with Crippen LogP contribution in [0.15, 0.2) is 24.3 Å². The lowest BCUT2D eigenvalue weighted by atomic mass is 10.1. The summed E-state index contributed by atoms with van der Waals surface area (Å²) >= 11 is 0. The lowest BCUT2D eigenvalue weighted by Crippen LogP contribution is -2.40. The van der Waals surface area contributed by atoms with E-state index < -0.39 is 0 Å². The first-order valence-electron chi connectivity index (χ1n) is 6.14. The standard InChI is InChI=1S/C14H18FNO2/c1-16(9-10-4-3-5-12(15)8-10)13(11-6-7-11)14(17)18-2/h3-5,8,11,13H,6-7,9H2,1-2H3. The normalized spacial score (nSPS) is 16.7. The van der Waals surface area contributed by atoms with E-state index in [1.54, 1.807) is 6.07 Å². The number of ether oxygens (including phenoxy) is 1. The third-order valence-corrected chi connectivity index (χ3v) is 3.31. The number of benzene rings is 1. The molecule has 1 aliphatic rings. The Morgan fingerprint density at radius 3 is 2.83 bits per heavy atom. The average Bonchev–Trinajstić information content (AvgIpc) is 3.13. The highest BCUT2D eigenvalue weighted by atomic mass is 19.1. The van der Waals surface area contributed by atoms with Gasteiger partial charge in [0.05, 0.1) is 7.11 Å². The van der Waals surface area contributed by atoms with Gasteiger partial charge in [0.25, 0.3) is 0 Å². The Balaban J connectivity index is 2.05. The molecular weight excluding hydrogens is 233 g/mol. The monoisotopic (exact) mass is 251 g/mol. The molecular formula is C14H18FNO2. The summed E-state index contributed by atoms with van der Waals surface area (Å²) in [4.78, 5) is 13.7. The fourth-order valence-corrected chi connectivity index (χ4v) is 2.29. The summed E-state index contributed by atoms with van der Waals surface area (Å²) in [6.45, 7) is 0.550. The molecule has 1 unspecified atom stereocenters. The number of hydrogen-bond donors (Lipinski definition) is 0. The van der Waals surface area contributed by atoms with Crippen molar-refractivity contribution in [2.24, 2.45) is 5.92 Å². The van der Waals surface area contributed by atoms with Gasteiger partial charge in [0.1, 0.15) is 11.9 Å². The number of hydrogen-bond acceptors (Lipinski definition) is 3. The highest BCUT2D eigenvalue weighted by Gasteiger charge is 2.39. The molecule has 3 nitrogen and oxygen atoms in total. The number of rotatable bonds is 5. The van der Waals surface area contributed by atoms with Crippen LogP contribution in [-0.2, 0) is 16.1 Å². The Morgan fingerprint density at radius 1 is 1.56 bits per heavy atom. The van der Waals surface area contributed by atoms with Crippen molar-refractivity contribution in [1.82, 2.24) is 4.90 Å². The van der Waals surface area contributed by atoms with Crippen LogP contribution < -0.4 is 0 Å². The summed E-state index contributed by atoms with van der Waals surface area (Å²) in [6.07, 6.45) is 2.13. The second-order valence-corrected chi connectivity index (χ2v) is 4.85. The topological polar surface area (TPSA) is 29.5 Å². The molecule has 0 saturated heterocycles. The van der Waals surface area contributed by atoms with Crippen molar-refractivity contribution in [2.45, 2.75) is 25.4 Å². The summed E-state index contributed by atoms with van der Waals surface area (Å²) in [6, 6.07) is 6.25. The average molecular weight is 251 g/mol. The molecule has 98 valence electrons. The Labute approximate surface area is 107 Å². The van der Waals surface area contributed by atoms with Gasteiger partial charge in [-0.3, -0.25) is 9.69 Å². The molecule has 0 aliphatic heterocycles. The highest BCUT2D eigenvalue weighted by molar-refractivity contribution is 5.76. The lowest BCUT2D eigenvalue weighted by molar-refractivity contribution is -0.147. The first-order chi connectivity index (χ1) is 8.61. The van der Waals surface area contributed by atoms with Crippen LogP contribution in [0, 0.1) is 11.7 Å². The first-order valence-corrected chi connectivity index (χ1v) is 6.14. The van der Waals surface area contributed by atoms with Gasteiger partial charge in [-0.1, -0.05) is 12.1 Å². The summed E-state index contributed by atoms with van der Waals surface area (Å²) < 4.78 is 17.9. The second kappa shape index (κ2) is 5.48. The minimum Gasteiger partial charge on any atom is -0.468 e. The Bertz CT molecular complexity index is 432. The fourth-order valence-electron chi connectivity index (χ4n) is 2.29. The van der Waals surface area contributed by atoms with Gasteiger partial charge in [-0.15, -0.1) is 0 Å². The van der Waals surface area contributed by atoms with Crippen LogP contribution in [-0.4, -0.2) is 31.1 Å². The van der Waals surface area contributed by atoms with Crippen molar-refractivity contribution in [3.05, 3.63) is 35.6 Å². The van der Waals surface area contributed by atoms with Crippen LogP contribution in [0.3, 0.4) is 0 Å². The molecule has 0 bridgehead atoms. The van der Waals surface area contributed by atoms with Gasteiger partial charge in [-0.2, -0.15) is 0 Å². The molecule has 4 heteroatoms. The van der Waals surface area contributed by atoms with E-state index in [1.165, 1.54) is 19.2 Å². The zero-order valence-corrected chi connectivity index (χ0v) is 10.7. The predicted molar refractivity (Wildman–Crippen MR) is 66.4 cm³/mol. The molecule has 0 N–H and O–H groups in total. The zero-order valence-electron chi connectivity index (χ0n) is 10.7. The largest absolute Gasteiger partial charge is 0.468 e. The number of nitrogens with zero attached hydrogens (tertiary/aromatic N) is 1. The number of esters is 1. The second-order valence-electron chi connectivity index (χ2n) is 4.85. The lowest BCUT2D eigenvalue weighted by Gasteiger charge is -2.25. The third-order valence-electron chi connectivity index (χ3n) is 3.31. The minimum atomic E-state index is -0.248. The molecule has 1 aromatic rings. The molecule has 0 spiro atoms. The van der Waals surface area contributed by atoms with Gasteiger partial charge in [-0.05, 0) is 43.5 Å². The molecule has 2 rings (SSSR count). The fraction of sp³-hybridized carbons (Fsp3) is 0.500. The summed E-state index contributed by atoms with van der Waals surface area (Å²) in [7, 11) is 3.29. The molecule has 0 aromatic heterocycles. The maximum atomic E-state index is 13.1. The predicted octanol–water partition coefficient (Wildman–Crippen LogP) is 2.21. The Kier molecular flexibility index (Phi) is 3.97. The van der Waals surface area contributed by atoms with E-state index in [-0.39, 0.29) is 17.8 Å². The van der Waals surface area contributed by atoms with E-state index in [1.807, 2.05) is 18.0 Å². The molecule has 1 saturated carbocycles. The molecule has 1 fully saturated rings. The van der Waals surface area contributed by atoms with Crippen molar-refractivity contribution in [3.63, 3.8) is 0 Å². The van der Waals surface area contributed by atoms with Gasteiger partial charge in [0.15, 0.2) is 0 Å². The Hall–Kier alpha value is -1.42. The van der Waals surface area contributed by atoms with Gasteiger partial charge in [-0.25, -0.2) is 4.39 Å². The summed E-state index contributed by atoms with van der Waals surface area (Å²) in [5, 5.41) is 0. The summed E-state index contributed by atoms with van der Waals surface area (Å²) in [5.41, 5.74) is 0.868. The van der Waals surface area contributed by atoms with Crippen molar-refractivity contribution >= 4 is 5.97 Å². The Morgan fingerprint density at radius 2 is 2.28 bits per heavy atom. The van der Waals surface area contributed by atoms with Crippen molar-refractivity contribution < 1.29 is 13.9 Å². The van der Waals surface area contributed by atoms with E-state index in [4.69, 9.17) is 4.74 Å². The summed E-state index contributed by atoms with van der Waals surface area (Å²) in [5.74, 6) is -0.0608. The maximum absolute atomic E-state index is 13.1. The molecule has 0 radical (unpaired) electrons. The third kappa shape index (κ3) is 3.07. The van der Waals surface area contributed by atoms with Crippen LogP contribution in [0.25, 0.3) is 0 Å². The van der Waals surface area contributed by atoms with Crippen LogP contribution in [0.4, 0.5) is 4.39 Å². The van der Waals surface area contributed by atoms with Gasteiger partial charge < -0.3 is 4.74 Å². The molecule has 1 atom stereocenters. The molecule has 1 aromatic carbocycles. The quantitative estimate of drug-likeness (QED) is 0.751. The van der Waals surface area contributed by atoms with Gasteiger partial charge in [0.2, 0.25) is 0 Å². The van der Waals surface area contributed by atoms with Crippen molar-refractivity contribution in [3.8, 4) is 0 Å². The van der Waals surface area contributed by atoms with E-state index in [0.717, 1.165) is 18.4 Å². The van der Waals surface area contributed by atoms with E-state index >= 15 is 0 Å². The van der Waals surface area contributed by atoms with E-state index in [0.29, 0.717) is 12.5 Å². The SMILES string of the molecule is COC(=O)C(C1CC1)N(C)Cc1cccc(F)c1. The molecule has 18 heavy (non-hydrogen) atoms. The van der Waals surface area contributed by atoms with Gasteiger partial charge in [0, 0.05) is 6.54 Å². The number of carbonyl (C=O) groups is 1. The maximum Gasteiger partial charge on any atom is 0.323 e. The first kappa shape index (κ1) is 13.0. The van der Waals surface area contributed by atoms with Crippen LogP contribution >= 0.6 is 0 Å². The number of likely N-dealkylation sites (N-methyl/N-ethyl adjacent to an activating group) is 1. The molecule has 0 amide bonds. The van der Waals surface area contributed by atoms with Crippen LogP contribution in [0.5, 0.6) is 0 Å². The zero-order chi connectivity index (χ0) is 13.1. The highest BCUT2D eigenvalue weighted by Crippen LogP contribution is 2.36. The van der Waals surface area contributed by atoms with Crippen molar-refractivity contribution in [2.75, 3.05) is 14.2 Å². The number of carbonyl (C=O) groups excluding carboxylic acids is 1. The minimum absolute atomic E-state index is 0.198. The van der Waals surface area contributed by atoms with Crippen LogP contribution in [0.1, 0.15) is 18.4 Å². The van der Waals surface area contributed by atoms with E-state index in [9.17, 15) is 9.18 Å². The van der Waals surface area contributed by atoms with Crippen molar-refractivity contribution in [1.29, 1.82) is 0 Å². The smallest absolute Gasteiger partial charge is 0.323 e. The number of methoxy groups -OCH3 is 1. The molecule has 1 aliphatic carbocycles. The number of halogens is 1. The molecule has 0 heterocycles. The van der Waals surface area contributed by atoms with Gasteiger partial charge >= 0.3 is 5.97 Å².